The first-order chi connectivity index (χ1) is 13.7. The van der Waals surface area contributed by atoms with E-state index in [-0.39, 0.29) is 0 Å². The van der Waals surface area contributed by atoms with Crippen LogP contribution in [0.25, 0.3) is 0 Å². The highest BCUT2D eigenvalue weighted by Crippen LogP contribution is 2.20. The molecule has 0 saturated carbocycles. The molecule has 0 aliphatic carbocycles. The van der Waals surface area contributed by atoms with Gasteiger partial charge in [-0.2, -0.15) is 0 Å². The third-order valence-electron chi connectivity index (χ3n) is 5.74. The number of aromatic nitrogens is 1. The van der Waals surface area contributed by atoms with Gasteiger partial charge < -0.3 is 15.0 Å². The topological polar surface area (TPSA) is 53.0 Å². The largest absolute Gasteiger partial charge is 0.378 e. The molecule has 2 fully saturated rings. The Morgan fingerprint density at radius 1 is 1.21 bits per heavy atom. The Balaban J connectivity index is 1.44. The lowest BCUT2D eigenvalue weighted by Gasteiger charge is -2.35. The third kappa shape index (κ3) is 6.42. The summed E-state index contributed by atoms with van der Waals surface area (Å²) in [6, 6.07) is 0. The number of nitrogens with one attached hydrogen (secondary N) is 1. The quantitative estimate of drug-likeness (QED) is 0.556. The van der Waals surface area contributed by atoms with Gasteiger partial charge in [0.05, 0.1) is 16.8 Å². The van der Waals surface area contributed by atoms with Gasteiger partial charge in [0.25, 0.3) is 0 Å². The molecule has 1 aromatic heterocycles. The van der Waals surface area contributed by atoms with E-state index in [9.17, 15) is 0 Å². The molecule has 0 aromatic carbocycles. The van der Waals surface area contributed by atoms with Gasteiger partial charge in [0, 0.05) is 44.7 Å². The second-order valence-electron chi connectivity index (χ2n) is 7.91. The summed E-state index contributed by atoms with van der Waals surface area (Å²) in [6.07, 6.45) is 5.10. The van der Waals surface area contributed by atoms with E-state index in [0.717, 1.165) is 71.2 Å². The van der Waals surface area contributed by atoms with Gasteiger partial charge in [-0.15, -0.1) is 11.3 Å². The van der Waals surface area contributed by atoms with E-state index in [1.807, 2.05) is 0 Å². The van der Waals surface area contributed by atoms with Gasteiger partial charge in [0.15, 0.2) is 5.96 Å². The molecule has 0 amide bonds. The van der Waals surface area contributed by atoms with Crippen molar-refractivity contribution in [1.29, 1.82) is 0 Å². The number of piperidine rings is 2. The van der Waals surface area contributed by atoms with Gasteiger partial charge in [0.1, 0.15) is 0 Å². The summed E-state index contributed by atoms with van der Waals surface area (Å²) in [5.74, 6) is 1.79. The van der Waals surface area contributed by atoms with Gasteiger partial charge in [-0.05, 0) is 65.5 Å². The van der Waals surface area contributed by atoms with Crippen LogP contribution in [-0.2, 0) is 11.3 Å². The number of aliphatic imine (C=N–C) groups is 1. The molecule has 2 aliphatic rings. The number of hydrogen-bond donors (Lipinski definition) is 1. The average Bonchev–Trinajstić information content (AvgIpc) is 3.12. The monoisotopic (exact) mass is 407 g/mol. The van der Waals surface area contributed by atoms with E-state index in [2.05, 4.69) is 46.3 Å². The molecule has 1 aromatic rings. The summed E-state index contributed by atoms with van der Waals surface area (Å²) in [4.78, 5) is 14.6. The highest BCUT2D eigenvalue weighted by Gasteiger charge is 2.23. The molecule has 6 nitrogen and oxygen atoms in total. The van der Waals surface area contributed by atoms with Crippen molar-refractivity contribution in [3.8, 4) is 0 Å². The summed E-state index contributed by atoms with van der Waals surface area (Å²) in [6.45, 7) is 14.4. The first-order valence-electron chi connectivity index (χ1n) is 11.0. The molecule has 0 bridgehead atoms. The van der Waals surface area contributed by atoms with Gasteiger partial charge in [0.2, 0.25) is 0 Å². The molecule has 2 saturated heterocycles. The fraction of sp³-hybridized carbons (Fsp3) is 0.810. The first kappa shape index (κ1) is 21.5. The molecule has 7 heteroatoms. The maximum atomic E-state index is 5.78. The predicted molar refractivity (Wildman–Crippen MR) is 117 cm³/mol. The Labute approximate surface area is 174 Å². The molecule has 3 heterocycles. The van der Waals surface area contributed by atoms with E-state index in [0.29, 0.717) is 12.0 Å². The maximum absolute atomic E-state index is 5.78. The number of hydrogen-bond acceptors (Lipinski definition) is 5. The lowest BCUT2D eigenvalue weighted by Crippen LogP contribution is -2.47. The van der Waals surface area contributed by atoms with Gasteiger partial charge in [-0.3, -0.25) is 9.89 Å². The molecule has 1 N–H and O–H groups in total. The zero-order valence-electron chi connectivity index (χ0n) is 17.8. The van der Waals surface area contributed by atoms with Crippen LogP contribution >= 0.6 is 11.3 Å². The molecule has 28 heavy (non-hydrogen) atoms. The van der Waals surface area contributed by atoms with Crippen LogP contribution in [0.2, 0.25) is 0 Å². The highest BCUT2D eigenvalue weighted by molar-refractivity contribution is 7.09. The molecule has 0 spiro atoms. The van der Waals surface area contributed by atoms with Gasteiger partial charge in [-0.25, -0.2) is 4.98 Å². The zero-order valence-corrected chi connectivity index (χ0v) is 18.6. The molecular weight excluding hydrogens is 370 g/mol. The Bertz CT molecular complexity index is 604. The van der Waals surface area contributed by atoms with Crippen LogP contribution in [0, 0.1) is 12.8 Å². The van der Waals surface area contributed by atoms with Crippen LogP contribution in [0.5, 0.6) is 0 Å². The van der Waals surface area contributed by atoms with Crippen LogP contribution in [0.15, 0.2) is 10.4 Å². The summed E-state index contributed by atoms with van der Waals surface area (Å²) in [7, 11) is 0. The Hall–Kier alpha value is -1.18. The van der Waals surface area contributed by atoms with Crippen molar-refractivity contribution in [2.24, 2.45) is 10.9 Å². The van der Waals surface area contributed by atoms with Crippen LogP contribution in [0.1, 0.15) is 50.2 Å². The Morgan fingerprint density at radius 2 is 1.96 bits per heavy atom. The number of nitrogens with zero attached hydrogens (tertiary/aromatic N) is 4. The number of rotatable bonds is 7. The second-order valence-corrected chi connectivity index (χ2v) is 8.98. The summed E-state index contributed by atoms with van der Waals surface area (Å²) in [5.41, 5.74) is 1.23. The minimum absolute atomic E-state index is 0.426. The predicted octanol–water partition coefficient (Wildman–Crippen LogP) is 3.13. The van der Waals surface area contributed by atoms with Crippen molar-refractivity contribution in [3.05, 3.63) is 16.1 Å². The summed E-state index contributed by atoms with van der Waals surface area (Å²) >= 11 is 1.75. The normalized spacial score (nSPS) is 20.7. The molecule has 3 rings (SSSR count). The number of aryl methyl sites for hydroxylation is 1. The second kappa shape index (κ2) is 11.1. The van der Waals surface area contributed by atoms with E-state index in [1.54, 1.807) is 11.3 Å². The fourth-order valence-electron chi connectivity index (χ4n) is 4.15. The first-order valence-corrected chi connectivity index (χ1v) is 11.8. The van der Waals surface area contributed by atoms with Crippen LogP contribution in [0.4, 0.5) is 0 Å². The van der Waals surface area contributed by atoms with Crippen LogP contribution in [-0.4, -0.2) is 72.7 Å². The van der Waals surface area contributed by atoms with Crippen LogP contribution < -0.4 is 5.32 Å². The van der Waals surface area contributed by atoms with Crippen molar-refractivity contribution in [2.75, 3.05) is 45.9 Å². The van der Waals surface area contributed by atoms with E-state index < -0.39 is 0 Å². The van der Waals surface area contributed by atoms with Crippen molar-refractivity contribution in [3.63, 3.8) is 0 Å². The molecular formula is C21H37N5OS. The molecule has 0 radical (unpaired) electrons. The third-order valence-corrected chi connectivity index (χ3v) is 6.56. The molecule has 0 unspecified atom stereocenters. The van der Waals surface area contributed by atoms with Crippen molar-refractivity contribution in [2.45, 2.75) is 59.1 Å². The molecule has 0 atom stereocenters. The molecule has 2 aliphatic heterocycles. The molecule has 158 valence electrons. The fourth-order valence-corrected chi connectivity index (χ4v) is 4.75. The summed E-state index contributed by atoms with van der Waals surface area (Å²) < 4.78 is 5.78. The Kier molecular flexibility index (Phi) is 8.55. The number of guanidine groups is 1. The van der Waals surface area contributed by atoms with E-state index in [4.69, 9.17) is 9.73 Å². The van der Waals surface area contributed by atoms with E-state index in [1.165, 1.54) is 23.5 Å². The number of thiazole rings is 1. The lowest BCUT2D eigenvalue weighted by molar-refractivity contribution is 0.0263. The minimum atomic E-state index is 0.426. The summed E-state index contributed by atoms with van der Waals surface area (Å²) in [5, 5.41) is 6.86. The SMILES string of the molecule is CCNC(=NCC1CCN(Cc2csc(C)n2)CC1)N1CCC(OCC)CC1. The number of ether oxygens (including phenoxy) is 1. The van der Waals surface area contributed by atoms with Gasteiger partial charge in [-0.1, -0.05) is 0 Å². The van der Waals surface area contributed by atoms with E-state index >= 15 is 0 Å². The van der Waals surface area contributed by atoms with Gasteiger partial charge >= 0.3 is 0 Å². The lowest BCUT2D eigenvalue weighted by atomic mass is 9.97. The maximum Gasteiger partial charge on any atom is 0.193 e. The zero-order chi connectivity index (χ0) is 19.8. The smallest absolute Gasteiger partial charge is 0.193 e. The van der Waals surface area contributed by atoms with Crippen molar-refractivity contribution >= 4 is 17.3 Å². The standard InChI is InChI=1S/C21H37N5OS/c1-4-22-21(26-12-8-20(9-13-26)27-5-2)23-14-18-6-10-25(11-7-18)15-19-16-28-17(3)24-19/h16,18,20H,4-15H2,1-3H3,(H,22,23). The van der Waals surface area contributed by atoms with Crippen molar-refractivity contribution in [1.82, 2.24) is 20.1 Å². The minimum Gasteiger partial charge on any atom is -0.378 e. The Morgan fingerprint density at radius 3 is 2.57 bits per heavy atom. The van der Waals surface area contributed by atoms with Crippen LogP contribution in [0.3, 0.4) is 0 Å². The number of likely N-dealkylation sites (tertiary alicyclic amines) is 2. The van der Waals surface area contributed by atoms with Crippen molar-refractivity contribution < 1.29 is 4.74 Å². The highest BCUT2D eigenvalue weighted by atomic mass is 32.1. The average molecular weight is 408 g/mol.